The van der Waals surface area contributed by atoms with Gasteiger partial charge < -0.3 is 15.7 Å². The van der Waals surface area contributed by atoms with Crippen molar-refractivity contribution in [3.05, 3.63) is 76.9 Å². The molecule has 0 spiro atoms. The number of benzene rings is 2. The zero-order valence-electron chi connectivity index (χ0n) is 19.0. The van der Waals surface area contributed by atoms with Crippen molar-refractivity contribution in [1.82, 2.24) is 9.97 Å². The number of carbonyl (C=O) groups is 1. The third kappa shape index (κ3) is 5.64. The van der Waals surface area contributed by atoms with Gasteiger partial charge in [0.1, 0.15) is 23.2 Å². The molecule has 0 atom stereocenters. The topological polar surface area (TPSA) is 87.1 Å². The summed E-state index contributed by atoms with van der Waals surface area (Å²) in [5.74, 6) is -1.12. The number of nitrogens with zero attached hydrogens (tertiary/aromatic N) is 2. The second kappa shape index (κ2) is 11.2. The van der Waals surface area contributed by atoms with Gasteiger partial charge in [0, 0.05) is 28.8 Å². The molecule has 3 aromatic rings. The number of anilines is 2. The van der Waals surface area contributed by atoms with E-state index in [2.05, 4.69) is 34.1 Å². The van der Waals surface area contributed by atoms with Crippen LogP contribution in [0.2, 0.25) is 0 Å². The van der Waals surface area contributed by atoms with Gasteiger partial charge in [0.2, 0.25) is 12.4 Å². The molecule has 34 heavy (non-hydrogen) atoms. The number of aliphatic hydroxyl groups excluding tert-OH is 1. The van der Waals surface area contributed by atoms with Crippen LogP contribution < -0.4 is 10.6 Å². The van der Waals surface area contributed by atoms with Crippen molar-refractivity contribution in [1.29, 1.82) is 0 Å². The maximum absolute atomic E-state index is 14.2. The molecule has 3 N–H and O–H groups in total. The molecule has 0 unspecified atom stereocenters. The highest BCUT2D eigenvalue weighted by Crippen LogP contribution is 2.33. The van der Waals surface area contributed by atoms with E-state index in [0.29, 0.717) is 35.3 Å². The Morgan fingerprint density at radius 1 is 1.12 bits per heavy atom. The number of halogens is 2. The Bertz CT molecular complexity index is 1220. The van der Waals surface area contributed by atoms with Crippen LogP contribution in [-0.4, -0.2) is 28.0 Å². The van der Waals surface area contributed by atoms with Crippen molar-refractivity contribution in [2.45, 2.75) is 26.7 Å². The summed E-state index contributed by atoms with van der Waals surface area (Å²) in [5, 5.41) is 15.6. The molecular formula is C26H26F2N4O2. The zero-order chi connectivity index (χ0) is 24.7. The number of aliphatic hydroxyl groups is 1. The highest BCUT2D eigenvalue weighted by Gasteiger charge is 2.17. The maximum Gasteiger partial charge on any atom is 0.225 e. The second-order valence-corrected chi connectivity index (χ2v) is 7.65. The number of aromatic nitrogens is 2. The minimum absolute atomic E-state index is 0.117. The minimum atomic E-state index is -0.726. The van der Waals surface area contributed by atoms with E-state index in [0.717, 1.165) is 30.5 Å². The number of hydrogen-bond donors (Lipinski definition) is 3. The molecule has 0 radical (unpaired) electrons. The fourth-order valence-electron chi connectivity index (χ4n) is 3.35. The first-order chi connectivity index (χ1) is 16.3. The van der Waals surface area contributed by atoms with E-state index in [-0.39, 0.29) is 23.1 Å². The molecule has 0 fully saturated rings. The lowest BCUT2D eigenvalue weighted by Crippen LogP contribution is -2.10. The molecule has 0 aliphatic heterocycles. The summed E-state index contributed by atoms with van der Waals surface area (Å²) in [7, 11) is 0. The van der Waals surface area contributed by atoms with Crippen LogP contribution in [0, 0.1) is 18.6 Å². The molecule has 8 heteroatoms. The van der Waals surface area contributed by atoms with Gasteiger partial charge in [0.25, 0.3) is 0 Å². The van der Waals surface area contributed by atoms with Gasteiger partial charge >= 0.3 is 0 Å². The van der Waals surface area contributed by atoms with Crippen molar-refractivity contribution in [3.63, 3.8) is 0 Å². The third-order valence-corrected chi connectivity index (χ3v) is 5.20. The largest absolute Gasteiger partial charge is 0.508 e. The smallest absolute Gasteiger partial charge is 0.225 e. The van der Waals surface area contributed by atoms with E-state index in [1.165, 1.54) is 18.2 Å². The van der Waals surface area contributed by atoms with Crippen LogP contribution >= 0.6 is 0 Å². The Morgan fingerprint density at radius 2 is 1.82 bits per heavy atom. The Morgan fingerprint density at radius 3 is 2.47 bits per heavy atom. The summed E-state index contributed by atoms with van der Waals surface area (Å²) in [6.45, 7) is 8.12. The predicted molar refractivity (Wildman–Crippen MR) is 132 cm³/mol. The molecule has 0 bridgehead atoms. The molecule has 0 aliphatic carbocycles. The van der Waals surface area contributed by atoms with E-state index in [4.69, 9.17) is 0 Å². The number of nitrogens with one attached hydrogen (secondary N) is 2. The van der Waals surface area contributed by atoms with Crippen molar-refractivity contribution in [3.8, 4) is 11.3 Å². The summed E-state index contributed by atoms with van der Waals surface area (Å²) in [4.78, 5) is 20.4. The summed E-state index contributed by atoms with van der Waals surface area (Å²) in [6.07, 6.45) is 5.06. The van der Waals surface area contributed by atoms with Gasteiger partial charge in [-0.3, -0.25) is 4.79 Å². The van der Waals surface area contributed by atoms with Crippen molar-refractivity contribution in [2.75, 3.05) is 17.2 Å². The molecule has 1 aromatic heterocycles. The zero-order valence-corrected chi connectivity index (χ0v) is 19.0. The van der Waals surface area contributed by atoms with Gasteiger partial charge in [0.05, 0.1) is 5.69 Å². The Balaban J connectivity index is 2.25. The molecule has 0 aliphatic rings. The molecule has 1 amide bonds. The van der Waals surface area contributed by atoms with Gasteiger partial charge in [-0.1, -0.05) is 38.1 Å². The lowest BCUT2D eigenvalue weighted by atomic mass is 9.97. The highest BCUT2D eigenvalue weighted by atomic mass is 19.1. The average Bonchev–Trinajstić information content (AvgIpc) is 2.80. The number of hydrogen-bond acceptors (Lipinski definition) is 5. The molecule has 0 saturated carbocycles. The predicted octanol–water partition coefficient (Wildman–Crippen LogP) is 6.21. The third-order valence-electron chi connectivity index (χ3n) is 5.20. The highest BCUT2D eigenvalue weighted by molar-refractivity contribution is 5.89. The van der Waals surface area contributed by atoms with Crippen LogP contribution in [0.15, 0.2) is 43.0 Å². The van der Waals surface area contributed by atoms with Crippen LogP contribution in [-0.2, 0) is 4.79 Å². The van der Waals surface area contributed by atoms with E-state index >= 15 is 0 Å². The van der Waals surface area contributed by atoms with Crippen molar-refractivity contribution >= 4 is 36.1 Å². The molecular weight excluding hydrogens is 438 g/mol. The fraction of sp³-hybridized carbons (Fsp3) is 0.192. The first kappa shape index (κ1) is 24.6. The summed E-state index contributed by atoms with van der Waals surface area (Å²) < 4.78 is 28.5. The van der Waals surface area contributed by atoms with Gasteiger partial charge in [-0.25, -0.2) is 13.8 Å². The lowest BCUT2D eigenvalue weighted by molar-refractivity contribution is -0.105. The molecule has 2 aromatic carbocycles. The van der Waals surface area contributed by atoms with Gasteiger partial charge in [-0.05, 0) is 49.3 Å². The van der Waals surface area contributed by atoms with E-state index in [9.17, 15) is 18.7 Å². The van der Waals surface area contributed by atoms with E-state index < -0.39 is 11.6 Å². The van der Waals surface area contributed by atoms with E-state index in [1.54, 1.807) is 18.2 Å². The van der Waals surface area contributed by atoms with Crippen LogP contribution in [0.3, 0.4) is 0 Å². The van der Waals surface area contributed by atoms with E-state index in [1.807, 2.05) is 6.92 Å². The minimum Gasteiger partial charge on any atom is -0.508 e. The number of rotatable bonds is 10. The molecule has 176 valence electrons. The number of unbranched alkanes of at least 4 members (excludes halogenated alkanes) is 1. The number of carbonyl (C=O) groups excluding carboxylic acids is 1. The number of aryl methyl sites for hydroxylation is 1. The standard InChI is InChI=1S/C26H26F2N4O2/c1-4-5-13-29-26-31-24(21-14-18(17(3)34)10-9-16(21)2)20(25(32-26)30-15-33)12-11-19-22(27)7-6-8-23(19)28/h6-12,14-15,34H,3-5,13H2,1-2H3,(H2,29,30,31,32,33)/b12-11-. The summed E-state index contributed by atoms with van der Waals surface area (Å²) >= 11 is 0. The monoisotopic (exact) mass is 464 g/mol. The lowest BCUT2D eigenvalue weighted by Gasteiger charge is -2.16. The Kier molecular flexibility index (Phi) is 8.08. The van der Waals surface area contributed by atoms with Gasteiger partial charge in [-0.2, -0.15) is 4.98 Å². The fourth-order valence-corrected chi connectivity index (χ4v) is 3.35. The quantitative estimate of drug-likeness (QED) is 0.189. The first-order valence-electron chi connectivity index (χ1n) is 10.8. The maximum atomic E-state index is 14.2. The first-order valence-corrected chi connectivity index (χ1v) is 10.8. The second-order valence-electron chi connectivity index (χ2n) is 7.65. The Hall–Kier alpha value is -4.07. The van der Waals surface area contributed by atoms with Crippen LogP contribution in [0.1, 0.15) is 42.0 Å². The normalized spacial score (nSPS) is 10.9. The molecule has 0 saturated heterocycles. The van der Waals surface area contributed by atoms with Gasteiger partial charge in [0.15, 0.2) is 0 Å². The van der Waals surface area contributed by atoms with Crippen LogP contribution in [0.25, 0.3) is 29.2 Å². The van der Waals surface area contributed by atoms with Crippen molar-refractivity contribution < 1.29 is 18.7 Å². The van der Waals surface area contributed by atoms with Crippen LogP contribution in [0.5, 0.6) is 0 Å². The van der Waals surface area contributed by atoms with Gasteiger partial charge in [-0.15, -0.1) is 0 Å². The van der Waals surface area contributed by atoms with Crippen LogP contribution in [0.4, 0.5) is 20.5 Å². The average molecular weight is 465 g/mol. The summed E-state index contributed by atoms with van der Waals surface area (Å²) in [5.41, 5.74) is 2.47. The number of amides is 1. The van der Waals surface area contributed by atoms with Crippen molar-refractivity contribution in [2.24, 2.45) is 0 Å². The SMILES string of the molecule is C=C(O)c1ccc(C)c(-c2nc(NCCCC)nc(NC=O)c2/C=C\c2c(F)cccc2F)c1. The molecule has 3 rings (SSSR count). The Labute approximate surface area is 197 Å². The molecule has 6 nitrogen and oxygen atoms in total. The molecule has 1 heterocycles. The summed E-state index contributed by atoms with van der Waals surface area (Å²) in [6, 6.07) is 8.83.